The van der Waals surface area contributed by atoms with Crippen molar-refractivity contribution in [1.29, 1.82) is 0 Å². The predicted octanol–water partition coefficient (Wildman–Crippen LogP) is 1.99. The van der Waals surface area contributed by atoms with Gasteiger partial charge in [-0.2, -0.15) is 0 Å². The van der Waals surface area contributed by atoms with Crippen LogP contribution in [0.1, 0.15) is 41.0 Å². The summed E-state index contributed by atoms with van der Waals surface area (Å²) in [6, 6.07) is 0. The maximum Gasteiger partial charge on any atom is 0.307 e. The maximum atomic E-state index is 12.3. The Morgan fingerprint density at radius 2 is 1.76 bits per heavy atom. The number of aliphatic carboxylic acids is 1. The van der Waals surface area contributed by atoms with Gasteiger partial charge in [0.1, 0.15) is 0 Å². The summed E-state index contributed by atoms with van der Waals surface area (Å²) in [4.78, 5) is 25.1. The van der Waals surface area contributed by atoms with E-state index in [1.165, 1.54) is 0 Å². The molecule has 0 aromatic carbocycles. The normalized spacial score (nSPS) is 26.5. The summed E-state index contributed by atoms with van der Waals surface area (Å²) >= 11 is 0. The molecule has 1 aliphatic rings. The van der Waals surface area contributed by atoms with Gasteiger partial charge in [0, 0.05) is 12.6 Å². The Labute approximate surface area is 103 Å². The zero-order valence-electron chi connectivity index (χ0n) is 11.6. The molecule has 0 saturated heterocycles. The summed E-state index contributed by atoms with van der Waals surface area (Å²) in [5, 5.41) is 9.08. The van der Waals surface area contributed by atoms with Gasteiger partial charge in [-0.05, 0) is 25.7 Å². The largest absolute Gasteiger partial charge is 0.481 e. The summed E-state index contributed by atoms with van der Waals surface area (Å²) < 4.78 is 0. The molecule has 0 radical (unpaired) electrons. The van der Waals surface area contributed by atoms with Crippen LogP contribution in [0, 0.1) is 17.3 Å². The lowest BCUT2D eigenvalue weighted by molar-refractivity contribution is -0.143. The standard InChI is InChI=1S/C13H23NO3/c1-7-12(2,3)14(6)10(15)8-9(11(16)17)13(8,4)5/h8-9H,7H2,1-6H3,(H,16,17). The van der Waals surface area contributed by atoms with Crippen molar-refractivity contribution in [3.05, 3.63) is 0 Å². The molecule has 17 heavy (non-hydrogen) atoms. The summed E-state index contributed by atoms with van der Waals surface area (Å²) in [7, 11) is 1.76. The predicted molar refractivity (Wildman–Crippen MR) is 65.5 cm³/mol. The molecule has 98 valence electrons. The molecule has 0 aliphatic heterocycles. The molecule has 1 aliphatic carbocycles. The molecule has 1 fully saturated rings. The molecular weight excluding hydrogens is 218 g/mol. The Bertz CT molecular complexity index is 347. The van der Waals surface area contributed by atoms with Crippen molar-refractivity contribution < 1.29 is 14.7 Å². The van der Waals surface area contributed by atoms with Gasteiger partial charge < -0.3 is 10.0 Å². The lowest BCUT2D eigenvalue weighted by atomic mass is 9.98. The van der Waals surface area contributed by atoms with E-state index < -0.39 is 17.3 Å². The van der Waals surface area contributed by atoms with E-state index in [0.29, 0.717) is 0 Å². The van der Waals surface area contributed by atoms with Crippen molar-refractivity contribution in [2.45, 2.75) is 46.6 Å². The second kappa shape index (κ2) is 4.00. The van der Waals surface area contributed by atoms with E-state index in [4.69, 9.17) is 5.11 Å². The first-order valence-electron chi connectivity index (χ1n) is 6.07. The first kappa shape index (κ1) is 14.0. The SMILES string of the molecule is CCC(C)(C)N(C)C(=O)C1C(C(=O)O)C1(C)C. The van der Waals surface area contributed by atoms with Gasteiger partial charge in [0.05, 0.1) is 11.8 Å². The van der Waals surface area contributed by atoms with Crippen molar-refractivity contribution in [3.8, 4) is 0 Å². The number of hydrogen-bond acceptors (Lipinski definition) is 2. The van der Waals surface area contributed by atoms with Gasteiger partial charge in [0.15, 0.2) is 0 Å². The Balaban J connectivity index is 2.84. The molecule has 2 unspecified atom stereocenters. The second-order valence-electron chi connectivity index (χ2n) is 6.18. The van der Waals surface area contributed by atoms with E-state index >= 15 is 0 Å². The van der Waals surface area contributed by atoms with Crippen LogP contribution in [0.5, 0.6) is 0 Å². The Morgan fingerprint density at radius 1 is 1.29 bits per heavy atom. The molecule has 1 N–H and O–H groups in total. The van der Waals surface area contributed by atoms with Gasteiger partial charge in [-0.25, -0.2) is 0 Å². The van der Waals surface area contributed by atoms with Crippen LogP contribution in [-0.2, 0) is 9.59 Å². The number of carboxylic acids is 1. The zero-order valence-corrected chi connectivity index (χ0v) is 11.6. The highest BCUT2D eigenvalue weighted by molar-refractivity contribution is 5.91. The van der Waals surface area contributed by atoms with Crippen LogP contribution in [0.15, 0.2) is 0 Å². The maximum absolute atomic E-state index is 12.3. The molecule has 1 rings (SSSR count). The first-order chi connectivity index (χ1) is 7.57. The van der Waals surface area contributed by atoms with E-state index in [1.54, 1.807) is 11.9 Å². The summed E-state index contributed by atoms with van der Waals surface area (Å²) in [6.45, 7) is 9.71. The molecule has 2 atom stereocenters. The van der Waals surface area contributed by atoms with Crippen LogP contribution in [0.3, 0.4) is 0 Å². The van der Waals surface area contributed by atoms with Crippen molar-refractivity contribution in [2.24, 2.45) is 17.3 Å². The molecule has 0 aromatic rings. The van der Waals surface area contributed by atoms with Crippen molar-refractivity contribution >= 4 is 11.9 Å². The number of nitrogens with zero attached hydrogens (tertiary/aromatic N) is 1. The Kier molecular flexibility index (Phi) is 3.29. The number of carbonyl (C=O) groups excluding carboxylic acids is 1. The minimum Gasteiger partial charge on any atom is -0.481 e. The highest BCUT2D eigenvalue weighted by Gasteiger charge is 2.66. The van der Waals surface area contributed by atoms with E-state index in [9.17, 15) is 9.59 Å². The Hall–Kier alpha value is -1.06. The fourth-order valence-corrected chi connectivity index (χ4v) is 2.30. The molecule has 0 aromatic heterocycles. The first-order valence-corrected chi connectivity index (χ1v) is 6.07. The average molecular weight is 241 g/mol. The van der Waals surface area contributed by atoms with E-state index in [2.05, 4.69) is 0 Å². The van der Waals surface area contributed by atoms with Crippen LogP contribution < -0.4 is 0 Å². The number of carboxylic acid groups (broad SMARTS) is 1. The van der Waals surface area contributed by atoms with E-state index in [0.717, 1.165) is 6.42 Å². The fraction of sp³-hybridized carbons (Fsp3) is 0.846. The van der Waals surface area contributed by atoms with Gasteiger partial charge in [0.2, 0.25) is 5.91 Å². The van der Waals surface area contributed by atoms with E-state index in [-0.39, 0.29) is 17.4 Å². The molecule has 1 saturated carbocycles. The van der Waals surface area contributed by atoms with Crippen LogP contribution in [-0.4, -0.2) is 34.5 Å². The van der Waals surface area contributed by atoms with Crippen LogP contribution in [0.25, 0.3) is 0 Å². The number of amides is 1. The second-order valence-corrected chi connectivity index (χ2v) is 6.18. The number of rotatable bonds is 4. The van der Waals surface area contributed by atoms with Crippen LogP contribution in [0.4, 0.5) is 0 Å². The molecule has 0 spiro atoms. The van der Waals surface area contributed by atoms with Gasteiger partial charge in [-0.3, -0.25) is 9.59 Å². The third-order valence-corrected chi connectivity index (χ3v) is 4.46. The van der Waals surface area contributed by atoms with Gasteiger partial charge in [-0.1, -0.05) is 20.8 Å². The van der Waals surface area contributed by atoms with Crippen LogP contribution >= 0.6 is 0 Å². The minimum atomic E-state index is -0.865. The van der Waals surface area contributed by atoms with Gasteiger partial charge >= 0.3 is 5.97 Å². The van der Waals surface area contributed by atoms with Crippen molar-refractivity contribution in [3.63, 3.8) is 0 Å². The van der Waals surface area contributed by atoms with Crippen molar-refractivity contribution in [2.75, 3.05) is 7.05 Å². The van der Waals surface area contributed by atoms with Gasteiger partial charge in [-0.15, -0.1) is 0 Å². The minimum absolute atomic E-state index is 0.0470. The highest BCUT2D eigenvalue weighted by Crippen LogP contribution is 2.59. The smallest absolute Gasteiger partial charge is 0.307 e. The fourth-order valence-electron chi connectivity index (χ4n) is 2.30. The summed E-state index contributed by atoms with van der Waals surface area (Å²) in [5.74, 6) is -1.83. The van der Waals surface area contributed by atoms with Gasteiger partial charge in [0.25, 0.3) is 0 Å². The summed E-state index contributed by atoms with van der Waals surface area (Å²) in [5.41, 5.74) is -0.639. The molecular formula is C13H23NO3. The number of carbonyl (C=O) groups is 2. The molecule has 4 heteroatoms. The third-order valence-electron chi connectivity index (χ3n) is 4.46. The quantitative estimate of drug-likeness (QED) is 0.819. The lowest BCUT2D eigenvalue weighted by Crippen LogP contribution is -2.46. The molecule has 4 nitrogen and oxygen atoms in total. The summed E-state index contributed by atoms with van der Waals surface area (Å²) in [6.07, 6.45) is 0.847. The third kappa shape index (κ3) is 2.17. The monoisotopic (exact) mass is 241 g/mol. The van der Waals surface area contributed by atoms with Crippen molar-refractivity contribution in [1.82, 2.24) is 4.90 Å². The topological polar surface area (TPSA) is 57.6 Å². The highest BCUT2D eigenvalue weighted by atomic mass is 16.4. The molecule has 0 heterocycles. The molecule has 0 bridgehead atoms. The zero-order chi connectivity index (χ0) is 13.6. The van der Waals surface area contributed by atoms with Crippen LogP contribution in [0.2, 0.25) is 0 Å². The van der Waals surface area contributed by atoms with E-state index in [1.807, 2.05) is 34.6 Å². The number of hydrogen-bond donors (Lipinski definition) is 1. The lowest BCUT2D eigenvalue weighted by Gasteiger charge is -2.35. The Morgan fingerprint density at radius 3 is 2.06 bits per heavy atom. The molecule has 1 amide bonds. The average Bonchev–Trinajstić information content (AvgIpc) is 2.79.